The number of hydrogen-bond donors (Lipinski definition) is 1. The SMILES string of the molecule is CCOCC(C)(O)c1ccc(CC)cc1. The number of benzene rings is 1. The Bertz CT molecular complexity index is 288. The molecule has 1 aromatic carbocycles. The second kappa shape index (κ2) is 5.29. The summed E-state index contributed by atoms with van der Waals surface area (Å²) < 4.78 is 5.26. The molecular formula is C13H20O2. The van der Waals surface area contributed by atoms with Gasteiger partial charge >= 0.3 is 0 Å². The van der Waals surface area contributed by atoms with Crippen LogP contribution in [0, 0.1) is 0 Å². The average Bonchev–Trinajstić information content (AvgIpc) is 2.26. The van der Waals surface area contributed by atoms with Crippen molar-refractivity contribution >= 4 is 0 Å². The van der Waals surface area contributed by atoms with Crippen molar-refractivity contribution in [2.75, 3.05) is 13.2 Å². The van der Waals surface area contributed by atoms with Crippen LogP contribution in [0.4, 0.5) is 0 Å². The molecule has 1 rings (SSSR count). The van der Waals surface area contributed by atoms with Crippen molar-refractivity contribution in [2.24, 2.45) is 0 Å². The molecule has 0 fully saturated rings. The monoisotopic (exact) mass is 208 g/mol. The summed E-state index contributed by atoms with van der Waals surface area (Å²) in [6.07, 6.45) is 1.02. The van der Waals surface area contributed by atoms with Gasteiger partial charge in [-0.25, -0.2) is 0 Å². The van der Waals surface area contributed by atoms with Crippen LogP contribution in [0.1, 0.15) is 31.9 Å². The van der Waals surface area contributed by atoms with Gasteiger partial charge in [0.1, 0.15) is 5.60 Å². The van der Waals surface area contributed by atoms with Crippen LogP contribution in [-0.2, 0) is 16.8 Å². The predicted molar refractivity (Wildman–Crippen MR) is 61.9 cm³/mol. The highest BCUT2D eigenvalue weighted by Crippen LogP contribution is 2.21. The Balaban J connectivity index is 2.75. The van der Waals surface area contributed by atoms with E-state index in [4.69, 9.17) is 4.74 Å². The minimum absolute atomic E-state index is 0.342. The lowest BCUT2D eigenvalue weighted by atomic mass is 9.95. The Kier molecular flexibility index (Phi) is 4.30. The van der Waals surface area contributed by atoms with Crippen LogP contribution in [0.25, 0.3) is 0 Å². The lowest BCUT2D eigenvalue weighted by Gasteiger charge is -2.23. The van der Waals surface area contributed by atoms with Crippen molar-refractivity contribution in [3.05, 3.63) is 35.4 Å². The molecule has 1 N–H and O–H groups in total. The van der Waals surface area contributed by atoms with E-state index in [1.165, 1.54) is 5.56 Å². The molecule has 1 atom stereocenters. The first-order chi connectivity index (χ1) is 7.10. The molecule has 0 saturated heterocycles. The lowest BCUT2D eigenvalue weighted by molar-refractivity contribution is -0.0343. The van der Waals surface area contributed by atoms with Crippen LogP contribution in [0.3, 0.4) is 0 Å². The van der Waals surface area contributed by atoms with Crippen molar-refractivity contribution in [1.82, 2.24) is 0 Å². The molecule has 0 saturated carbocycles. The highest BCUT2D eigenvalue weighted by atomic mass is 16.5. The second-order valence-electron chi connectivity index (χ2n) is 3.96. The number of ether oxygens (including phenoxy) is 1. The largest absolute Gasteiger partial charge is 0.383 e. The van der Waals surface area contributed by atoms with Gasteiger partial charge in [0.15, 0.2) is 0 Å². The first-order valence-corrected chi connectivity index (χ1v) is 5.49. The maximum atomic E-state index is 10.2. The van der Waals surface area contributed by atoms with E-state index >= 15 is 0 Å². The molecule has 0 heterocycles. The van der Waals surface area contributed by atoms with Crippen LogP contribution in [0.2, 0.25) is 0 Å². The summed E-state index contributed by atoms with van der Waals surface area (Å²) in [6, 6.07) is 8.04. The van der Waals surface area contributed by atoms with Crippen molar-refractivity contribution in [2.45, 2.75) is 32.8 Å². The zero-order valence-corrected chi connectivity index (χ0v) is 9.79. The second-order valence-corrected chi connectivity index (χ2v) is 3.96. The molecule has 0 radical (unpaired) electrons. The number of aliphatic hydroxyl groups is 1. The van der Waals surface area contributed by atoms with E-state index in [1.807, 2.05) is 19.1 Å². The van der Waals surface area contributed by atoms with E-state index < -0.39 is 5.60 Å². The lowest BCUT2D eigenvalue weighted by Crippen LogP contribution is -2.27. The van der Waals surface area contributed by atoms with Gasteiger partial charge in [0.05, 0.1) is 6.61 Å². The van der Waals surface area contributed by atoms with E-state index in [1.54, 1.807) is 6.92 Å². The van der Waals surface area contributed by atoms with Crippen LogP contribution in [0.15, 0.2) is 24.3 Å². The molecule has 2 heteroatoms. The first-order valence-electron chi connectivity index (χ1n) is 5.49. The minimum Gasteiger partial charge on any atom is -0.383 e. The zero-order valence-electron chi connectivity index (χ0n) is 9.79. The summed E-state index contributed by atoms with van der Waals surface area (Å²) in [7, 11) is 0. The Morgan fingerprint density at radius 2 is 1.80 bits per heavy atom. The standard InChI is InChI=1S/C13H20O2/c1-4-11-6-8-12(9-7-11)13(3,14)10-15-5-2/h6-9,14H,4-5,10H2,1-3H3. The quantitative estimate of drug-likeness (QED) is 0.805. The number of hydrogen-bond acceptors (Lipinski definition) is 2. The molecule has 0 aliphatic carbocycles. The third kappa shape index (κ3) is 3.33. The molecule has 1 aromatic rings. The Hall–Kier alpha value is -0.860. The average molecular weight is 208 g/mol. The fraction of sp³-hybridized carbons (Fsp3) is 0.538. The van der Waals surface area contributed by atoms with Crippen LogP contribution >= 0.6 is 0 Å². The summed E-state index contributed by atoms with van der Waals surface area (Å²) in [4.78, 5) is 0. The molecule has 0 bridgehead atoms. The summed E-state index contributed by atoms with van der Waals surface area (Å²) >= 11 is 0. The third-order valence-electron chi connectivity index (χ3n) is 2.57. The van der Waals surface area contributed by atoms with E-state index in [0.717, 1.165) is 12.0 Å². The van der Waals surface area contributed by atoms with Gasteiger partial charge in [-0.1, -0.05) is 31.2 Å². The van der Waals surface area contributed by atoms with Crippen molar-refractivity contribution in [3.63, 3.8) is 0 Å². The molecule has 0 amide bonds. The molecule has 2 nitrogen and oxygen atoms in total. The van der Waals surface area contributed by atoms with Crippen LogP contribution in [0.5, 0.6) is 0 Å². The maximum absolute atomic E-state index is 10.2. The Labute approximate surface area is 91.9 Å². The van der Waals surface area contributed by atoms with E-state index in [0.29, 0.717) is 13.2 Å². The van der Waals surface area contributed by atoms with Crippen molar-refractivity contribution < 1.29 is 9.84 Å². The summed E-state index contributed by atoms with van der Waals surface area (Å²) in [5, 5.41) is 10.2. The molecule has 0 aliphatic heterocycles. The zero-order chi connectivity index (χ0) is 11.3. The fourth-order valence-corrected chi connectivity index (χ4v) is 1.48. The highest BCUT2D eigenvalue weighted by molar-refractivity contribution is 5.26. The molecule has 0 aromatic heterocycles. The minimum atomic E-state index is -0.887. The molecular weight excluding hydrogens is 188 g/mol. The van der Waals surface area contributed by atoms with Crippen LogP contribution in [-0.4, -0.2) is 18.3 Å². The molecule has 1 unspecified atom stereocenters. The molecule has 0 spiro atoms. The Morgan fingerprint density at radius 3 is 2.27 bits per heavy atom. The van der Waals surface area contributed by atoms with Gasteiger partial charge in [0.25, 0.3) is 0 Å². The van der Waals surface area contributed by atoms with Gasteiger partial charge in [-0.2, -0.15) is 0 Å². The molecule has 84 valence electrons. The van der Waals surface area contributed by atoms with Gasteiger partial charge in [0, 0.05) is 6.61 Å². The van der Waals surface area contributed by atoms with Gasteiger partial charge in [-0.3, -0.25) is 0 Å². The molecule has 15 heavy (non-hydrogen) atoms. The van der Waals surface area contributed by atoms with Crippen molar-refractivity contribution in [3.8, 4) is 0 Å². The van der Waals surface area contributed by atoms with Gasteiger partial charge in [-0.15, -0.1) is 0 Å². The van der Waals surface area contributed by atoms with Gasteiger partial charge in [0.2, 0.25) is 0 Å². The smallest absolute Gasteiger partial charge is 0.110 e. The topological polar surface area (TPSA) is 29.5 Å². The van der Waals surface area contributed by atoms with E-state index in [2.05, 4.69) is 19.1 Å². The van der Waals surface area contributed by atoms with Gasteiger partial charge < -0.3 is 9.84 Å². The third-order valence-corrected chi connectivity index (χ3v) is 2.57. The van der Waals surface area contributed by atoms with Crippen molar-refractivity contribution in [1.29, 1.82) is 0 Å². The normalized spacial score (nSPS) is 14.9. The predicted octanol–water partition coefficient (Wildman–Crippen LogP) is 2.49. The fourth-order valence-electron chi connectivity index (χ4n) is 1.48. The first kappa shape index (κ1) is 12.2. The number of rotatable bonds is 5. The molecule has 0 aliphatic rings. The van der Waals surface area contributed by atoms with E-state index in [-0.39, 0.29) is 0 Å². The summed E-state index contributed by atoms with van der Waals surface area (Å²) in [5.41, 5.74) is 1.31. The summed E-state index contributed by atoms with van der Waals surface area (Å²) in [6.45, 7) is 6.80. The van der Waals surface area contributed by atoms with Crippen LogP contribution < -0.4 is 0 Å². The maximum Gasteiger partial charge on any atom is 0.110 e. The highest BCUT2D eigenvalue weighted by Gasteiger charge is 2.22. The number of aryl methyl sites for hydroxylation is 1. The van der Waals surface area contributed by atoms with Gasteiger partial charge in [-0.05, 0) is 31.4 Å². The summed E-state index contributed by atoms with van der Waals surface area (Å²) in [5.74, 6) is 0. The Morgan fingerprint density at radius 1 is 1.20 bits per heavy atom. The van der Waals surface area contributed by atoms with E-state index in [9.17, 15) is 5.11 Å².